The van der Waals surface area contributed by atoms with Gasteiger partial charge in [0.1, 0.15) is 5.75 Å². The maximum atomic E-state index is 12.5. The molecule has 4 heteroatoms. The van der Waals surface area contributed by atoms with Crippen molar-refractivity contribution in [2.45, 2.75) is 13.8 Å². The van der Waals surface area contributed by atoms with Gasteiger partial charge >= 0.3 is 0 Å². The van der Waals surface area contributed by atoms with Crippen molar-refractivity contribution < 1.29 is 14.6 Å². The van der Waals surface area contributed by atoms with E-state index < -0.39 is 0 Å². The van der Waals surface area contributed by atoms with Crippen molar-refractivity contribution in [2.24, 2.45) is 0 Å². The number of benzene rings is 2. The van der Waals surface area contributed by atoms with Gasteiger partial charge in [-0.2, -0.15) is 0 Å². The lowest BCUT2D eigenvalue weighted by atomic mass is 10.0. The second kappa shape index (κ2) is 7.09. The molecule has 0 saturated heterocycles. The largest absolute Gasteiger partial charge is 0.506 e. The molecule has 0 aliphatic rings. The molecule has 0 fully saturated rings. The van der Waals surface area contributed by atoms with Crippen LogP contribution in [0.15, 0.2) is 36.4 Å². The number of phenolic OH excluding ortho intramolecular Hbond substituents is 1. The summed E-state index contributed by atoms with van der Waals surface area (Å²) < 4.78 is 5.30. The lowest BCUT2D eigenvalue weighted by molar-refractivity contribution is 0.0666. The van der Waals surface area contributed by atoms with E-state index in [9.17, 15) is 9.90 Å². The van der Waals surface area contributed by atoms with Gasteiger partial charge in [0.2, 0.25) is 0 Å². The minimum atomic E-state index is -0.166. The first kappa shape index (κ1) is 15.3. The SMILES string of the molecule is CCOCCN(CC)C(=O)c1ccc2ccccc2c1O. The van der Waals surface area contributed by atoms with E-state index in [-0.39, 0.29) is 11.7 Å². The minimum Gasteiger partial charge on any atom is -0.506 e. The molecule has 0 saturated carbocycles. The molecule has 21 heavy (non-hydrogen) atoms. The number of ether oxygens (including phenoxy) is 1. The van der Waals surface area contributed by atoms with Gasteiger partial charge in [-0.05, 0) is 25.3 Å². The molecule has 2 aromatic rings. The molecule has 2 aromatic carbocycles. The number of carbonyl (C=O) groups excluding carboxylic acids is 1. The fourth-order valence-electron chi connectivity index (χ4n) is 2.32. The molecule has 2 rings (SSSR count). The summed E-state index contributed by atoms with van der Waals surface area (Å²) in [7, 11) is 0. The van der Waals surface area contributed by atoms with Gasteiger partial charge in [0.25, 0.3) is 5.91 Å². The Balaban J connectivity index is 2.27. The first-order valence-electron chi connectivity index (χ1n) is 7.26. The number of rotatable bonds is 6. The molecule has 0 atom stereocenters. The fraction of sp³-hybridized carbons (Fsp3) is 0.353. The van der Waals surface area contributed by atoms with Gasteiger partial charge in [-0.1, -0.05) is 30.3 Å². The van der Waals surface area contributed by atoms with Gasteiger partial charge in [-0.25, -0.2) is 0 Å². The van der Waals surface area contributed by atoms with E-state index in [4.69, 9.17) is 4.74 Å². The van der Waals surface area contributed by atoms with Crippen LogP contribution in [0.5, 0.6) is 5.75 Å². The Kier molecular flexibility index (Phi) is 5.17. The molecule has 0 bridgehead atoms. The highest BCUT2D eigenvalue weighted by atomic mass is 16.5. The van der Waals surface area contributed by atoms with Crippen molar-refractivity contribution in [1.29, 1.82) is 0 Å². The smallest absolute Gasteiger partial charge is 0.257 e. The zero-order valence-electron chi connectivity index (χ0n) is 12.5. The van der Waals surface area contributed by atoms with E-state index in [1.807, 2.05) is 44.2 Å². The molecule has 0 radical (unpaired) electrons. The van der Waals surface area contributed by atoms with Crippen molar-refractivity contribution in [3.8, 4) is 5.75 Å². The molecule has 1 amide bonds. The molecule has 0 heterocycles. The fourth-order valence-corrected chi connectivity index (χ4v) is 2.32. The number of hydrogen-bond acceptors (Lipinski definition) is 3. The molecule has 0 spiro atoms. The monoisotopic (exact) mass is 287 g/mol. The third kappa shape index (κ3) is 3.34. The van der Waals surface area contributed by atoms with E-state index in [0.717, 1.165) is 5.39 Å². The van der Waals surface area contributed by atoms with Crippen LogP contribution in [0.3, 0.4) is 0 Å². The van der Waals surface area contributed by atoms with Crippen LogP contribution in [0.25, 0.3) is 10.8 Å². The summed E-state index contributed by atoms with van der Waals surface area (Å²) in [6.45, 7) is 6.08. The maximum absolute atomic E-state index is 12.5. The van der Waals surface area contributed by atoms with Crippen molar-refractivity contribution in [2.75, 3.05) is 26.3 Å². The third-order valence-corrected chi connectivity index (χ3v) is 3.51. The average Bonchev–Trinajstić information content (AvgIpc) is 2.52. The predicted octanol–water partition coefficient (Wildman–Crippen LogP) is 3.04. The predicted molar refractivity (Wildman–Crippen MR) is 83.7 cm³/mol. The van der Waals surface area contributed by atoms with Gasteiger partial charge in [0.15, 0.2) is 0 Å². The van der Waals surface area contributed by atoms with Crippen LogP contribution in [0.1, 0.15) is 24.2 Å². The van der Waals surface area contributed by atoms with Crippen molar-refractivity contribution in [1.82, 2.24) is 4.90 Å². The van der Waals surface area contributed by atoms with Crippen molar-refractivity contribution in [3.05, 3.63) is 42.0 Å². The van der Waals surface area contributed by atoms with E-state index in [1.165, 1.54) is 0 Å². The summed E-state index contributed by atoms with van der Waals surface area (Å²) in [4.78, 5) is 14.2. The third-order valence-electron chi connectivity index (χ3n) is 3.51. The number of hydrogen-bond donors (Lipinski definition) is 1. The average molecular weight is 287 g/mol. The van der Waals surface area contributed by atoms with Gasteiger partial charge in [0.05, 0.1) is 12.2 Å². The molecular weight excluding hydrogens is 266 g/mol. The summed E-state index contributed by atoms with van der Waals surface area (Å²) in [6.07, 6.45) is 0. The van der Waals surface area contributed by atoms with Gasteiger partial charge in [0, 0.05) is 25.1 Å². The molecule has 4 nitrogen and oxygen atoms in total. The minimum absolute atomic E-state index is 0.0490. The number of amides is 1. The molecule has 0 aliphatic carbocycles. The number of likely N-dealkylation sites (N-methyl/N-ethyl adjacent to an activating group) is 1. The van der Waals surface area contributed by atoms with Crippen LogP contribution in [0, 0.1) is 0 Å². The normalized spacial score (nSPS) is 10.8. The topological polar surface area (TPSA) is 49.8 Å². The summed E-state index contributed by atoms with van der Waals surface area (Å²) in [5, 5.41) is 12.0. The van der Waals surface area contributed by atoms with Crippen LogP contribution >= 0.6 is 0 Å². The summed E-state index contributed by atoms with van der Waals surface area (Å²) in [5.74, 6) is -0.117. The highest BCUT2D eigenvalue weighted by Gasteiger charge is 2.18. The molecule has 0 unspecified atom stereocenters. The zero-order valence-corrected chi connectivity index (χ0v) is 12.5. The Labute approximate surface area is 124 Å². The lowest BCUT2D eigenvalue weighted by Gasteiger charge is -2.21. The Morgan fingerprint density at radius 3 is 2.67 bits per heavy atom. The zero-order chi connectivity index (χ0) is 15.2. The summed E-state index contributed by atoms with van der Waals surface area (Å²) in [6, 6.07) is 11.0. The highest BCUT2D eigenvalue weighted by Crippen LogP contribution is 2.29. The quantitative estimate of drug-likeness (QED) is 0.831. The number of nitrogens with zero attached hydrogens (tertiary/aromatic N) is 1. The Bertz CT molecular complexity index is 624. The molecule has 0 aliphatic heterocycles. The molecule has 0 aromatic heterocycles. The first-order chi connectivity index (χ1) is 10.2. The standard InChI is InChI=1S/C17H21NO3/c1-3-18(11-12-21-4-2)17(20)15-10-9-13-7-5-6-8-14(13)16(15)19/h5-10,19H,3-4,11-12H2,1-2H3. The van der Waals surface area contributed by atoms with Gasteiger partial charge < -0.3 is 14.7 Å². The Morgan fingerprint density at radius 2 is 1.95 bits per heavy atom. The molecule has 112 valence electrons. The van der Waals surface area contributed by atoms with Crippen LogP contribution in [-0.2, 0) is 4.74 Å². The van der Waals surface area contributed by atoms with E-state index >= 15 is 0 Å². The van der Waals surface area contributed by atoms with Crippen LogP contribution < -0.4 is 0 Å². The number of fused-ring (bicyclic) bond motifs is 1. The number of phenols is 1. The van der Waals surface area contributed by atoms with Crippen molar-refractivity contribution in [3.63, 3.8) is 0 Å². The highest BCUT2D eigenvalue weighted by molar-refractivity contribution is 6.03. The Morgan fingerprint density at radius 1 is 1.19 bits per heavy atom. The van der Waals surface area contributed by atoms with Crippen LogP contribution in [0.4, 0.5) is 0 Å². The lowest BCUT2D eigenvalue weighted by Crippen LogP contribution is -2.33. The van der Waals surface area contributed by atoms with Crippen LogP contribution in [0.2, 0.25) is 0 Å². The second-order valence-electron chi connectivity index (χ2n) is 4.76. The maximum Gasteiger partial charge on any atom is 0.257 e. The first-order valence-corrected chi connectivity index (χ1v) is 7.26. The number of aromatic hydroxyl groups is 1. The molecular formula is C17H21NO3. The molecule has 1 N–H and O–H groups in total. The number of carbonyl (C=O) groups is 1. The summed E-state index contributed by atoms with van der Waals surface area (Å²) in [5.41, 5.74) is 0.340. The van der Waals surface area contributed by atoms with Crippen molar-refractivity contribution >= 4 is 16.7 Å². The van der Waals surface area contributed by atoms with Gasteiger partial charge in [-0.3, -0.25) is 4.79 Å². The van der Waals surface area contributed by atoms with E-state index in [0.29, 0.717) is 37.3 Å². The van der Waals surface area contributed by atoms with Crippen LogP contribution in [-0.4, -0.2) is 42.2 Å². The Hall–Kier alpha value is -2.07. The van der Waals surface area contributed by atoms with Gasteiger partial charge in [-0.15, -0.1) is 0 Å². The summed E-state index contributed by atoms with van der Waals surface area (Å²) >= 11 is 0. The second-order valence-corrected chi connectivity index (χ2v) is 4.76. The van der Waals surface area contributed by atoms with E-state index in [2.05, 4.69) is 0 Å². The van der Waals surface area contributed by atoms with E-state index in [1.54, 1.807) is 11.0 Å².